The van der Waals surface area contributed by atoms with E-state index in [1.807, 2.05) is 54.8 Å². The zero-order valence-electron chi connectivity index (χ0n) is 12.7. The van der Waals surface area contributed by atoms with E-state index in [9.17, 15) is 4.79 Å². The van der Waals surface area contributed by atoms with Gasteiger partial charge in [0, 0.05) is 5.38 Å². The van der Waals surface area contributed by atoms with Gasteiger partial charge in [-0.05, 0) is 24.6 Å². The number of carbonyl (C=O) groups excluding carboxylic acids is 1. The number of ether oxygens (including phenoxy) is 1. The van der Waals surface area contributed by atoms with Crippen LogP contribution in [0.3, 0.4) is 0 Å². The first-order chi connectivity index (χ1) is 11.2. The van der Waals surface area contributed by atoms with E-state index in [0.29, 0.717) is 23.1 Å². The first-order valence-electron chi connectivity index (χ1n) is 7.21. The van der Waals surface area contributed by atoms with Gasteiger partial charge in [0.2, 0.25) is 0 Å². The van der Waals surface area contributed by atoms with Gasteiger partial charge in [-0.25, -0.2) is 4.98 Å². The number of rotatable bonds is 5. The van der Waals surface area contributed by atoms with E-state index < -0.39 is 0 Å². The summed E-state index contributed by atoms with van der Waals surface area (Å²) >= 11 is 1.40. The summed E-state index contributed by atoms with van der Waals surface area (Å²) in [4.78, 5) is 16.7. The number of hydrogen-bond donors (Lipinski definition) is 1. The molecule has 1 heterocycles. The van der Waals surface area contributed by atoms with Crippen LogP contribution in [0.1, 0.15) is 21.6 Å². The van der Waals surface area contributed by atoms with E-state index in [1.54, 1.807) is 12.1 Å². The molecule has 0 atom stereocenters. The first-order valence-corrected chi connectivity index (χ1v) is 8.09. The van der Waals surface area contributed by atoms with Crippen molar-refractivity contribution in [1.29, 1.82) is 0 Å². The van der Waals surface area contributed by atoms with Crippen molar-refractivity contribution in [3.8, 4) is 5.75 Å². The summed E-state index contributed by atoms with van der Waals surface area (Å²) in [6.45, 7) is 2.31. The molecule has 2 aromatic carbocycles. The van der Waals surface area contributed by atoms with Crippen molar-refractivity contribution in [2.45, 2.75) is 13.5 Å². The van der Waals surface area contributed by atoms with E-state index in [0.717, 1.165) is 11.3 Å². The standard InChI is InChI=1S/C18H16N2O2S/c1-13-12-23-18(19-13)20-17(21)15-9-5-6-10-16(15)22-11-14-7-3-2-4-8-14/h2-10,12H,11H2,1H3,(H,19,20,21). The molecule has 1 N–H and O–H groups in total. The second-order valence-corrected chi connectivity index (χ2v) is 5.88. The number of nitrogens with zero attached hydrogens (tertiary/aromatic N) is 1. The Kier molecular flexibility index (Phi) is 4.68. The van der Waals surface area contributed by atoms with Crippen LogP contribution in [-0.2, 0) is 6.61 Å². The topological polar surface area (TPSA) is 51.2 Å². The summed E-state index contributed by atoms with van der Waals surface area (Å²) in [6.07, 6.45) is 0. The van der Waals surface area contributed by atoms with Gasteiger partial charge in [0.05, 0.1) is 11.3 Å². The molecular formula is C18H16N2O2S. The van der Waals surface area contributed by atoms with E-state index >= 15 is 0 Å². The van der Waals surface area contributed by atoms with Crippen LogP contribution in [0.2, 0.25) is 0 Å². The smallest absolute Gasteiger partial charge is 0.261 e. The molecule has 0 spiro atoms. The highest BCUT2D eigenvalue weighted by atomic mass is 32.1. The lowest BCUT2D eigenvalue weighted by atomic mass is 10.2. The number of amides is 1. The van der Waals surface area contributed by atoms with Gasteiger partial charge in [0.25, 0.3) is 5.91 Å². The summed E-state index contributed by atoms with van der Waals surface area (Å²) < 4.78 is 5.81. The Balaban J connectivity index is 1.73. The number of aryl methyl sites for hydroxylation is 1. The van der Waals surface area contributed by atoms with Crippen LogP contribution in [0.5, 0.6) is 5.75 Å². The predicted molar refractivity (Wildman–Crippen MR) is 92.0 cm³/mol. The zero-order chi connectivity index (χ0) is 16.1. The number of carbonyl (C=O) groups is 1. The molecule has 1 amide bonds. The van der Waals surface area contributed by atoms with Gasteiger partial charge in [-0.2, -0.15) is 0 Å². The van der Waals surface area contributed by atoms with Crippen LogP contribution >= 0.6 is 11.3 Å². The molecule has 5 heteroatoms. The maximum atomic E-state index is 12.4. The van der Waals surface area contributed by atoms with Crippen LogP contribution in [0.25, 0.3) is 0 Å². The van der Waals surface area contributed by atoms with Gasteiger partial charge >= 0.3 is 0 Å². The van der Waals surface area contributed by atoms with Gasteiger partial charge in [0.15, 0.2) is 5.13 Å². The van der Waals surface area contributed by atoms with Crippen molar-refractivity contribution >= 4 is 22.4 Å². The van der Waals surface area contributed by atoms with Crippen LogP contribution in [0, 0.1) is 6.92 Å². The Labute approximate surface area is 138 Å². The molecule has 0 fully saturated rings. The Hall–Kier alpha value is -2.66. The third-order valence-corrected chi connectivity index (χ3v) is 4.08. The molecule has 0 aliphatic carbocycles. The molecule has 23 heavy (non-hydrogen) atoms. The number of hydrogen-bond acceptors (Lipinski definition) is 4. The van der Waals surface area contributed by atoms with Crippen molar-refractivity contribution in [2.75, 3.05) is 5.32 Å². The highest BCUT2D eigenvalue weighted by molar-refractivity contribution is 7.13. The number of benzene rings is 2. The summed E-state index contributed by atoms with van der Waals surface area (Å²) in [5.74, 6) is 0.338. The fourth-order valence-corrected chi connectivity index (χ4v) is 2.77. The number of para-hydroxylation sites is 1. The Morgan fingerprint density at radius 3 is 2.61 bits per heavy atom. The van der Waals surface area contributed by atoms with Gasteiger partial charge < -0.3 is 4.74 Å². The summed E-state index contributed by atoms with van der Waals surface area (Å²) in [5.41, 5.74) is 2.44. The molecular weight excluding hydrogens is 308 g/mol. The number of aromatic nitrogens is 1. The van der Waals surface area contributed by atoms with Gasteiger partial charge in [-0.3, -0.25) is 10.1 Å². The lowest BCUT2D eigenvalue weighted by molar-refractivity contribution is 0.102. The lowest BCUT2D eigenvalue weighted by Gasteiger charge is -2.11. The molecule has 4 nitrogen and oxygen atoms in total. The Morgan fingerprint density at radius 2 is 1.87 bits per heavy atom. The van der Waals surface area contributed by atoms with Crippen molar-refractivity contribution in [3.63, 3.8) is 0 Å². The average molecular weight is 324 g/mol. The summed E-state index contributed by atoms with van der Waals surface area (Å²) in [6, 6.07) is 17.1. The van der Waals surface area contributed by atoms with Crippen molar-refractivity contribution in [2.24, 2.45) is 0 Å². The van der Waals surface area contributed by atoms with E-state index in [1.165, 1.54) is 11.3 Å². The van der Waals surface area contributed by atoms with Crippen molar-refractivity contribution < 1.29 is 9.53 Å². The minimum atomic E-state index is -0.219. The normalized spacial score (nSPS) is 10.3. The molecule has 0 saturated carbocycles. The second kappa shape index (κ2) is 7.07. The minimum absolute atomic E-state index is 0.219. The predicted octanol–water partition coefficient (Wildman–Crippen LogP) is 4.28. The molecule has 0 radical (unpaired) electrons. The summed E-state index contributed by atoms with van der Waals surface area (Å²) in [7, 11) is 0. The Morgan fingerprint density at radius 1 is 1.13 bits per heavy atom. The van der Waals surface area contributed by atoms with Crippen LogP contribution in [0.4, 0.5) is 5.13 Å². The fourth-order valence-electron chi connectivity index (χ4n) is 2.09. The zero-order valence-corrected chi connectivity index (χ0v) is 13.5. The maximum Gasteiger partial charge on any atom is 0.261 e. The van der Waals surface area contributed by atoms with E-state index in [2.05, 4.69) is 10.3 Å². The van der Waals surface area contributed by atoms with Crippen LogP contribution in [-0.4, -0.2) is 10.9 Å². The van der Waals surface area contributed by atoms with Crippen LogP contribution in [0.15, 0.2) is 60.0 Å². The van der Waals surface area contributed by atoms with Gasteiger partial charge in [-0.1, -0.05) is 42.5 Å². The number of thiazole rings is 1. The van der Waals surface area contributed by atoms with Gasteiger partial charge in [0.1, 0.15) is 12.4 Å². The number of anilines is 1. The quantitative estimate of drug-likeness (QED) is 0.762. The molecule has 3 rings (SSSR count). The first kappa shape index (κ1) is 15.2. The van der Waals surface area contributed by atoms with E-state index in [-0.39, 0.29) is 5.91 Å². The largest absolute Gasteiger partial charge is 0.488 e. The van der Waals surface area contributed by atoms with Crippen molar-refractivity contribution in [3.05, 3.63) is 76.8 Å². The van der Waals surface area contributed by atoms with E-state index in [4.69, 9.17) is 4.74 Å². The average Bonchev–Trinajstić information content (AvgIpc) is 2.99. The molecule has 0 aliphatic rings. The van der Waals surface area contributed by atoms with Gasteiger partial charge in [-0.15, -0.1) is 11.3 Å². The molecule has 3 aromatic rings. The molecule has 0 saturated heterocycles. The summed E-state index contributed by atoms with van der Waals surface area (Å²) in [5, 5.41) is 5.29. The fraction of sp³-hybridized carbons (Fsp3) is 0.111. The highest BCUT2D eigenvalue weighted by Gasteiger charge is 2.13. The monoisotopic (exact) mass is 324 g/mol. The molecule has 116 valence electrons. The maximum absolute atomic E-state index is 12.4. The Bertz CT molecular complexity index is 800. The third kappa shape index (κ3) is 3.96. The highest BCUT2D eigenvalue weighted by Crippen LogP contribution is 2.22. The minimum Gasteiger partial charge on any atom is -0.488 e. The molecule has 1 aromatic heterocycles. The van der Waals surface area contributed by atoms with Crippen LogP contribution < -0.4 is 10.1 Å². The second-order valence-electron chi connectivity index (χ2n) is 5.02. The molecule has 0 unspecified atom stereocenters. The molecule has 0 bridgehead atoms. The molecule has 0 aliphatic heterocycles. The lowest BCUT2D eigenvalue weighted by Crippen LogP contribution is -2.13. The SMILES string of the molecule is Cc1csc(NC(=O)c2ccccc2OCc2ccccc2)n1. The number of nitrogens with one attached hydrogen (secondary N) is 1. The van der Waals surface area contributed by atoms with Crippen molar-refractivity contribution in [1.82, 2.24) is 4.98 Å². The third-order valence-electron chi connectivity index (χ3n) is 3.21.